The van der Waals surface area contributed by atoms with Crippen molar-refractivity contribution in [1.29, 1.82) is 0 Å². The molecule has 0 saturated carbocycles. The number of hydrogen-bond acceptors (Lipinski definition) is 5. The van der Waals surface area contributed by atoms with Crippen molar-refractivity contribution in [3.05, 3.63) is 11.0 Å². The highest BCUT2D eigenvalue weighted by Crippen LogP contribution is 2.22. The SMILES string of the molecule is CCOC1OC(S)=C(NC)O1. The van der Waals surface area contributed by atoms with Gasteiger partial charge in [-0.1, -0.05) is 0 Å². The molecule has 0 spiro atoms. The second kappa shape index (κ2) is 3.73. The van der Waals surface area contributed by atoms with Gasteiger partial charge in [-0.25, -0.2) is 0 Å². The Bertz CT molecular complexity index is 171. The number of ether oxygens (including phenoxy) is 3. The van der Waals surface area contributed by atoms with Crippen LogP contribution in [0, 0.1) is 0 Å². The van der Waals surface area contributed by atoms with Gasteiger partial charge in [0.2, 0.25) is 11.0 Å². The first kappa shape index (κ1) is 8.55. The number of nitrogens with one attached hydrogen (secondary N) is 1. The molecule has 1 unspecified atom stereocenters. The zero-order chi connectivity index (χ0) is 8.27. The molecular formula is C6H11NO3S. The van der Waals surface area contributed by atoms with Crippen LogP contribution in [0.5, 0.6) is 0 Å². The number of rotatable bonds is 3. The van der Waals surface area contributed by atoms with Crippen molar-refractivity contribution in [3.8, 4) is 0 Å². The van der Waals surface area contributed by atoms with Crippen LogP contribution in [0.25, 0.3) is 0 Å². The average Bonchev–Trinajstić information content (AvgIpc) is 2.32. The molecule has 0 radical (unpaired) electrons. The van der Waals surface area contributed by atoms with Crippen LogP contribution < -0.4 is 5.32 Å². The predicted octanol–water partition coefficient (Wildman–Crippen LogP) is 0.629. The van der Waals surface area contributed by atoms with Gasteiger partial charge in [-0.2, -0.15) is 0 Å². The lowest BCUT2D eigenvalue weighted by molar-refractivity contribution is -0.223. The van der Waals surface area contributed by atoms with E-state index in [1.165, 1.54) is 0 Å². The molecule has 4 nitrogen and oxygen atoms in total. The van der Waals surface area contributed by atoms with Crippen molar-refractivity contribution in [3.63, 3.8) is 0 Å². The number of thiol groups is 1. The largest absolute Gasteiger partial charge is 0.420 e. The van der Waals surface area contributed by atoms with Crippen molar-refractivity contribution in [1.82, 2.24) is 5.32 Å². The molecule has 1 rings (SSSR count). The van der Waals surface area contributed by atoms with Crippen LogP contribution in [0.3, 0.4) is 0 Å². The van der Waals surface area contributed by atoms with Crippen LogP contribution >= 0.6 is 12.6 Å². The minimum absolute atomic E-state index is 0.422. The molecule has 1 aliphatic heterocycles. The highest BCUT2D eigenvalue weighted by molar-refractivity contribution is 7.84. The average molecular weight is 177 g/mol. The van der Waals surface area contributed by atoms with Crippen LogP contribution in [0.15, 0.2) is 11.0 Å². The van der Waals surface area contributed by atoms with Gasteiger partial charge < -0.3 is 19.5 Å². The standard InChI is InChI=1S/C6H11NO3S/c1-3-8-6-9-4(7-2)5(11)10-6/h6-7,11H,3H2,1-2H3. The lowest BCUT2D eigenvalue weighted by Crippen LogP contribution is -2.16. The second-order valence-electron chi connectivity index (χ2n) is 1.86. The maximum atomic E-state index is 5.11. The fourth-order valence-corrected chi connectivity index (χ4v) is 0.936. The third-order valence-electron chi connectivity index (χ3n) is 1.15. The Labute approximate surface area is 70.9 Å². The summed E-state index contributed by atoms with van der Waals surface area (Å²) in [7, 11) is 1.73. The highest BCUT2D eigenvalue weighted by Gasteiger charge is 2.24. The van der Waals surface area contributed by atoms with Gasteiger partial charge in [-0.15, -0.1) is 12.6 Å². The molecule has 1 atom stereocenters. The van der Waals surface area contributed by atoms with Gasteiger partial charge in [0.15, 0.2) is 0 Å². The third-order valence-corrected chi connectivity index (χ3v) is 1.45. The van der Waals surface area contributed by atoms with Crippen molar-refractivity contribution < 1.29 is 14.2 Å². The van der Waals surface area contributed by atoms with Gasteiger partial charge in [0.1, 0.15) is 0 Å². The smallest absolute Gasteiger partial charge is 0.362 e. The summed E-state index contributed by atoms with van der Waals surface area (Å²) in [6, 6.07) is 0. The quantitative estimate of drug-likeness (QED) is 0.620. The maximum absolute atomic E-state index is 5.11. The maximum Gasteiger partial charge on any atom is 0.362 e. The summed E-state index contributed by atoms with van der Waals surface area (Å²) in [4.78, 5) is 0. The van der Waals surface area contributed by atoms with Crippen molar-refractivity contribution in [2.75, 3.05) is 13.7 Å². The molecule has 1 aliphatic rings. The second-order valence-corrected chi connectivity index (χ2v) is 2.27. The van der Waals surface area contributed by atoms with E-state index < -0.39 is 6.48 Å². The first-order valence-corrected chi connectivity index (χ1v) is 3.78. The topological polar surface area (TPSA) is 39.7 Å². The molecular weight excluding hydrogens is 166 g/mol. The van der Waals surface area contributed by atoms with Gasteiger partial charge in [0.25, 0.3) is 0 Å². The zero-order valence-corrected chi connectivity index (χ0v) is 7.35. The molecule has 1 heterocycles. The molecule has 0 aromatic rings. The Balaban J connectivity index is 2.40. The fraction of sp³-hybridized carbons (Fsp3) is 0.667. The van der Waals surface area contributed by atoms with E-state index in [1.807, 2.05) is 6.92 Å². The first-order valence-electron chi connectivity index (χ1n) is 3.33. The van der Waals surface area contributed by atoms with E-state index in [0.29, 0.717) is 17.6 Å². The molecule has 64 valence electrons. The highest BCUT2D eigenvalue weighted by atomic mass is 32.1. The summed E-state index contributed by atoms with van der Waals surface area (Å²) in [6.07, 6.45) is 0. The Morgan fingerprint density at radius 1 is 1.64 bits per heavy atom. The zero-order valence-electron chi connectivity index (χ0n) is 6.46. The Hall–Kier alpha value is -0.550. The van der Waals surface area contributed by atoms with Crippen LogP contribution in [0.4, 0.5) is 0 Å². The molecule has 0 aromatic heterocycles. The van der Waals surface area contributed by atoms with E-state index in [0.717, 1.165) is 0 Å². The Kier molecular flexibility index (Phi) is 2.90. The van der Waals surface area contributed by atoms with Crippen molar-refractivity contribution in [2.24, 2.45) is 0 Å². The molecule has 0 bridgehead atoms. The summed E-state index contributed by atoms with van der Waals surface area (Å²) in [5, 5.41) is 3.20. The van der Waals surface area contributed by atoms with Gasteiger partial charge in [0.05, 0.1) is 6.61 Å². The van der Waals surface area contributed by atoms with Gasteiger partial charge >= 0.3 is 6.48 Å². The van der Waals surface area contributed by atoms with E-state index >= 15 is 0 Å². The minimum Gasteiger partial charge on any atom is -0.420 e. The minimum atomic E-state index is -0.644. The van der Waals surface area contributed by atoms with Gasteiger partial charge in [-0.05, 0) is 6.92 Å². The van der Waals surface area contributed by atoms with Crippen molar-refractivity contribution in [2.45, 2.75) is 13.4 Å². The molecule has 11 heavy (non-hydrogen) atoms. The van der Waals surface area contributed by atoms with Crippen LogP contribution in [-0.2, 0) is 14.2 Å². The third kappa shape index (κ3) is 1.94. The van der Waals surface area contributed by atoms with E-state index in [2.05, 4.69) is 17.9 Å². The molecule has 1 N–H and O–H groups in total. The summed E-state index contributed by atoms with van der Waals surface area (Å²) >= 11 is 4.01. The summed E-state index contributed by atoms with van der Waals surface area (Å²) in [5.41, 5.74) is 0. The number of hydrogen-bond donors (Lipinski definition) is 2. The Morgan fingerprint density at radius 3 is 2.82 bits per heavy atom. The molecule has 0 fully saturated rings. The molecule has 5 heteroatoms. The van der Waals surface area contributed by atoms with E-state index in [-0.39, 0.29) is 0 Å². The van der Waals surface area contributed by atoms with Crippen LogP contribution in [0.1, 0.15) is 6.92 Å². The van der Waals surface area contributed by atoms with Crippen LogP contribution in [0.2, 0.25) is 0 Å². The monoisotopic (exact) mass is 177 g/mol. The molecule has 0 saturated heterocycles. The fourth-order valence-electron chi connectivity index (χ4n) is 0.685. The van der Waals surface area contributed by atoms with Gasteiger partial charge in [0, 0.05) is 7.05 Å². The Morgan fingerprint density at radius 2 is 2.36 bits per heavy atom. The lowest BCUT2D eigenvalue weighted by atomic mass is 10.8. The predicted molar refractivity (Wildman–Crippen MR) is 42.7 cm³/mol. The first-order chi connectivity index (χ1) is 5.27. The van der Waals surface area contributed by atoms with E-state index in [9.17, 15) is 0 Å². The van der Waals surface area contributed by atoms with Crippen molar-refractivity contribution >= 4 is 12.6 Å². The molecule has 0 aliphatic carbocycles. The molecule has 0 amide bonds. The lowest BCUT2D eigenvalue weighted by Gasteiger charge is -2.09. The van der Waals surface area contributed by atoms with Crippen LogP contribution in [-0.4, -0.2) is 20.1 Å². The summed E-state index contributed by atoms with van der Waals surface area (Å²) < 4.78 is 15.2. The summed E-state index contributed by atoms with van der Waals surface area (Å²) in [5.74, 6) is 0.506. The summed E-state index contributed by atoms with van der Waals surface area (Å²) in [6.45, 7) is 1.76. The van der Waals surface area contributed by atoms with E-state index in [4.69, 9.17) is 14.2 Å². The van der Waals surface area contributed by atoms with Gasteiger partial charge in [-0.3, -0.25) is 0 Å². The van der Waals surface area contributed by atoms with E-state index in [1.54, 1.807) is 7.05 Å². The molecule has 0 aromatic carbocycles. The normalized spacial score (nSPS) is 23.0.